The second-order valence-corrected chi connectivity index (χ2v) is 7.81. The normalized spacial score (nSPS) is 16.6. The highest BCUT2D eigenvalue weighted by molar-refractivity contribution is 5.89. The molecule has 0 saturated carbocycles. The monoisotopic (exact) mass is 423 g/mol. The van der Waals surface area contributed by atoms with Gasteiger partial charge < -0.3 is 20.7 Å². The Kier molecular flexibility index (Phi) is 7.78. The van der Waals surface area contributed by atoms with Gasteiger partial charge in [-0.1, -0.05) is 42.5 Å². The minimum Gasteiger partial charge on any atom is -0.465 e. The fourth-order valence-corrected chi connectivity index (χ4v) is 3.85. The number of nitrogens with two attached hydrogens (primary N) is 1. The number of esters is 1. The van der Waals surface area contributed by atoms with E-state index in [4.69, 9.17) is 5.73 Å². The van der Waals surface area contributed by atoms with Crippen molar-refractivity contribution in [1.82, 2.24) is 10.2 Å². The number of amides is 2. The van der Waals surface area contributed by atoms with Crippen LogP contribution in [0.4, 0.5) is 0 Å². The van der Waals surface area contributed by atoms with Crippen LogP contribution in [0.1, 0.15) is 40.7 Å². The third-order valence-corrected chi connectivity index (χ3v) is 5.50. The predicted molar refractivity (Wildman–Crippen MR) is 117 cm³/mol. The third kappa shape index (κ3) is 6.15. The van der Waals surface area contributed by atoms with Crippen molar-refractivity contribution in [2.24, 2.45) is 5.73 Å². The molecule has 3 N–H and O–H groups in total. The Hall–Kier alpha value is -3.19. The number of nitrogens with zero attached hydrogens (tertiary/aromatic N) is 1. The van der Waals surface area contributed by atoms with Gasteiger partial charge in [0.05, 0.1) is 12.7 Å². The van der Waals surface area contributed by atoms with E-state index in [2.05, 4.69) is 10.1 Å². The molecule has 0 unspecified atom stereocenters. The molecule has 0 aliphatic carbocycles. The molecule has 3 rings (SSSR count). The van der Waals surface area contributed by atoms with Crippen LogP contribution in [-0.4, -0.2) is 48.4 Å². The van der Waals surface area contributed by atoms with Gasteiger partial charge in [-0.15, -0.1) is 0 Å². The molecule has 0 bridgehead atoms. The standard InChI is InChI=1S/C24H29N3O4/c1-31-24(30)19-11-9-18(10-12-19)16-26-23(29)21-8-5-13-27(21)22(28)15-20(25)14-17-6-3-2-4-7-17/h2-4,6-7,9-12,20-21H,5,8,13-16,25H2,1H3,(H,26,29)/t20-,21+/m1/s1. The highest BCUT2D eigenvalue weighted by Crippen LogP contribution is 2.19. The molecule has 164 valence electrons. The van der Waals surface area contributed by atoms with Crippen molar-refractivity contribution in [2.75, 3.05) is 13.7 Å². The van der Waals surface area contributed by atoms with Gasteiger partial charge in [0.2, 0.25) is 11.8 Å². The van der Waals surface area contributed by atoms with Crippen LogP contribution in [0.25, 0.3) is 0 Å². The number of carbonyl (C=O) groups is 3. The molecule has 1 aliphatic rings. The van der Waals surface area contributed by atoms with Gasteiger partial charge in [-0.2, -0.15) is 0 Å². The molecule has 1 heterocycles. The van der Waals surface area contributed by atoms with Crippen LogP contribution in [0.3, 0.4) is 0 Å². The van der Waals surface area contributed by atoms with Crippen molar-refractivity contribution in [3.8, 4) is 0 Å². The van der Waals surface area contributed by atoms with E-state index in [1.165, 1.54) is 7.11 Å². The molecule has 2 atom stereocenters. The third-order valence-electron chi connectivity index (χ3n) is 5.50. The summed E-state index contributed by atoms with van der Waals surface area (Å²) in [4.78, 5) is 38.7. The van der Waals surface area contributed by atoms with E-state index in [0.29, 0.717) is 31.5 Å². The van der Waals surface area contributed by atoms with Crippen LogP contribution >= 0.6 is 0 Å². The minimum absolute atomic E-state index is 0.0801. The molecule has 0 radical (unpaired) electrons. The Morgan fingerprint density at radius 2 is 1.81 bits per heavy atom. The maximum absolute atomic E-state index is 12.8. The summed E-state index contributed by atoms with van der Waals surface area (Å²) in [5, 5.41) is 2.90. The Morgan fingerprint density at radius 1 is 1.10 bits per heavy atom. The Balaban J connectivity index is 1.51. The molecule has 7 nitrogen and oxygen atoms in total. The fraction of sp³-hybridized carbons (Fsp3) is 0.375. The van der Waals surface area contributed by atoms with Crippen molar-refractivity contribution >= 4 is 17.8 Å². The van der Waals surface area contributed by atoms with Gasteiger partial charge in [0, 0.05) is 25.6 Å². The number of likely N-dealkylation sites (tertiary alicyclic amines) is 1. The fourth-order valence-electron chi connectivity index (χ4n) is 3.85. The van der Waals surface area contributed by atoms with Gasteiger partial charge in [-0.05, 0) is 42.5 Å². The summed E-state index contributed by atoms with van der Waals surface area (Å²) < 4.78 is 4.68. The number of methoxy groups -OCH3 is 1. The summed E-state index contributed by atoms with van der Waals surface area (Å²) in [5.74, 6) is -0.649. The first-order valence-electron chi connectivity index (χ1n) is 10.5. The number of nitrogens with one attached hydrogen (secondary N) is 1. The number of rotatable bonds is 8. The maximum atomic E-state index is 12.8. The van der Waals surface area contributed by atoms with Crippen LogP contribution in [0.2, 0.25) is 0 Å². The van der Waals surface area contributed by atoms with E-state index in [-0.39, 0.29) is 24.3 Å². The highest BCUT2D eigenvalue weighted by atomic mass is 16.5. The average Bonchev–Trinajstić information content (AvgIpc) is 3.28. The van der Waals surface area contributed by atoms with Gasteiger partial charge in [0.25, 0.3) is 0 Å². The zero-order valence-corrected chi connectivity index (χ0v) is 17.8. The number of benzene rings is 2. The first-order chi connectivity index (χ1) is 15.0. The molecule has 2 amide bonds. The van der Waals surface area contributed by atoms with Crippen molar-refractivity contribution in [3.63, 3.8) is 0 Å². The summed E-state index contributed by atoms with van der Waals surface area (Å²) in [6.07, 6.45) is 2.28. The largest absolute Gasteiger partial charge is 0.465 e. The lowest BCUT2D eigenvalue weighted by molar-refractivity contribution is -0.138. The SMILES string of the molecule is COC(=O)c1ccc(CNC(=O)[C@@H]2CCCN2C(=O)C[C@H](N)Cc2ccccc2)cc1. The number of ether oxygens (including phenoxy) is 1. The van der Waals surface area contributed by atoms with Crippen molar-refractivity contribution < 1.29 is 19.1 Å². The summed E-state index contributed by atoms with van der Waals surface area (Å²) in [6, 6.07) is 15.9. The number of hydrogen-bond acceptors (Lipinski definition) is 5. The first-order valence-corrected chi connectivity index (χ1v) is 10.5. The summed E-state index contributed by atoms with van der Waals surface area (Å²) >= 11 is 0. The average molecular weight is 424 g/mol. The summed E-state index contributed by atoms with van der Waals surface area (Å²) in [6.45, 7) is 0.898. The van der Waals surface area contributed by atoms with Gasteiger partial charge in [-0.3, -0.25) is 9.59 Å². The minimum atomic E-state index is -0.467. The van der Waals surface area contributed by atoms with Crippen molar-refractivity contribution in [3.05, 3.63) is 71.3 Å². The second-order valence-electron chi connectivity index (χ2n) is 7.81. The molecular weight excluding hydrogens is 394 g/mol. The number of hydrogen-bond donors (Lipinski definition) is 2. The van der Waals surface area contributed by atoms with Gasteiger partial charge in [0.1, 0.15) is 6.04 Å². The Labute approximate surface area is 182 Å². The molecule has 2 aromatic carbocycles. The van der Waals surface area contributed by atoms with Gasteiger partial charge >= 0.3 is 5.97 Å². The van der Waals surface area contributed by atoms with E-state index < -0.39 is 12.0 Å². The summed E-state index contributed by atoms with van der Waals surface area (Å²) in [7, 11) is 1.33. The van der Waals surface area contributed by atoms with E-state index in [9.17, 15) is 14.4 Å². The Morgan fingerprint density at radius 3 is 2.48 bits per heavy atom. The molecule has 0 spiro atoms. The molecular formula is C24H29N3O4. The van der Waals surface area contributed by atoms with Crippen LogP contribution in [0, 0.1) is 0 Å². The van der Waals surface area contributed by atoms with Crippen LogP contribution in [0.15, 0.2) is 54.6 Å². The van der Waals surface area contributed by atoms with Gasteiger partial charge in [0.15, 0.2) is 0 Å². The predicted octanol–water partition coefficient (Wildman–Crippen LogP) is 2.04. The quantitative estimate of drug-likeness (QED) is 0.633. The van der Waals surface area contributed by atoms with Crippen molar-refractivity contribution in [2.45, 2.75) is 44.3 Å². The van der Waals surface area contributed by atoms with Crippen LogP contribution in [-0.2, 0) is 27.3 Å². The smallest absolute Gasteiger partial charge is 0.337 e. The Bertz CT molecular complexity index is 899. The summed E-state index contributed by atoms with van der Waals surface area (Å²) in [5.41, 5.74) is 8.61. The van der Waals surface area contributed by atoms with Crippen LogP contribution < -0.4 is 11.1 Å². The lowest BCUT2D eigenvalue weighted by atomic mass is 10.0. The lowest BCUT2D eigenvalue weighted by Crippen LogP contribution is -2.47. The van der Waals surface area contributed by atoms with E-state index in [1.54, 1.807) is 29.2 Å². The van der Waals surface area contributed by atoms with E-state index in [0.717, 1.165) is 17.5 Å². The molecule has 1 saturated heterocycles. The number of carbonyl (C=O) groups excluding carboxylic acids is 3. The molecule has 1 aliphatic heterocycles. The first kappa shape index (κ1) is 22.5. The highest BCUT2D eigenvalue weighted by Gasteiger charge is 2.34. The zero-order chi connectivity index (χ0) is 22.2. The van der Waals surface area contributed by atoms with Crippen molar-refractivity contribution in [1.29, 1.82) is 0 Å². The zero-order valence-electron chi connectivity index (χ0n) is 17.8. The van der Waals surface area contributed by atoms with Crippen LogP contribution in [0.5, 0.6) is 0 Å². The molecule has 1 fully saturated rings. The van der Waals surface area contributed by atoms with Gasteiger partial charge in [-0.25, -0.2) is 4.79 Å². The topological polar surface area (TPSA) is 102 Å². The van der Waals surface area contributed by atoms with E-state index in [1.807, 2.05) is 30.3 Å². The molecule has 31 heavy (non-hydrogen) atoms. The molecule has 2 aromatic rings. The lowest BCUT2D eigenvalue weighted by Gasteiger charge is -2.25. The molecule has 7 heteroatoms. The second kappa shape index (κ2) is 10.7. The van der Waals surface area contributed by atoms with E-state index >= 15 is 0 Å². The maximum Gasteiger partial charge on any atom is 0.337 e. The molecule has 0 aromatic heterocycles.